The molecule has 1 aliphatic heterocycles. The van der Waals surface area contributed by atoms with Gasteiger partial charge in [-0.1, -0.05) is 29.6 Å². The summed E-state index contributed by atoms with van der Waals surface area (Å²) in [7, 11) is 0. The largest absolute Gasteiger partial charge is 0.355 e. The maximum Gasteiger partial charge on any atom is 0.253 e. The van der Waals surface area contributed by atoms with E-state index in [9.17, 15) is 14.4 Å². The van der Waals surface area contributed by atoms with Gasteiger partial charge >= 0.3 is 0 Å². The Hall–Kier alpha value is -1.83. The molecule has 2 rings (SSSR count). The van der Waals surface area contributed by atoms with Gasteiger partial charge in [0.05, 0.1) is 23.7 Å². The van der Waals surface area contributed by atoms with Gasteiger partial charge in [-0.15, -0.1) is 0 Å². The molecule has 3 N–H and O–H groups in total. The fourth-order valence-corrected chi connectivity index (χ4v) is 3.73. The Bertz CT molecular complexity index is 730. The van der Waals surface area contributed by atoms with E-state index in [1.165, 1.54) is 31.4 Å². The van der Waals surface area contributed by atoms with Crippen LogP contribution in [-0.2, 0) is 9.59 Å². The van der Waals surface area contributed by atoms with Gasteiger partial charge in [-0.05, 0) is 50.9 Å². The van der Waals surface area contributed by atoms with Crippen molar-refractivity contribution in [3.8, 4) is 0 Å². The molecule has 0 aliphatic carbocycles. The number of carbonyl (C=O) groups excluding carboxylic acids is 3. The maximum atomic E-state index is 12.0. The van der Waals surface area contributed by atoms with Gasteiger partial charge in [-0.25, -0.2) is 0 Å². The van der Waals surface area contributed by atoms with Crippen LogP contribution < -0.4 is 16.0 Å². The van der Waals surface area contributed by atoms with Crippen molar-refractivity contribution in [2.75, 3.05) is 32.7 Å². The molecular weight excluding hydrogens is 415 g/mol. The lowest BCUT2D eigenvalue weighted by Crippen LogP contribution is -2.43. The second-order valence-electron chi connectivity index (χ2n) is 7.17. The average molecular weight is 443 g/mol. The highest BCUT2D eigenvalue weighted by atomic mass is 35.5. The molecule has 1 aromatic rings. The highest BCUT2D eigenvalue weighted by molar-refractivity contribution is 6.36. The van der Waals surface area contributed by atoms with Crippen LogP contribution >= 0.6 is 23.2 Å². The van der Waals surface area contributed by atoms with Crippen molar-refractivity contribution in [3.63, 3.8) is 0 Å². The first-order valence-electron chi connectivity index (χ1n) is 9.87. The molecule has 1 aliphatic rings. The molecule has 9 heteroatoms. The van der Waals surface area contributed by atoms with E-state index in [-0.39, 0.29) is 29.6 Å². The van der Waals surface area contributed by atoms with Gasteiger partial charge in [0, 0.05) is 24.2 Å². The molecule has 1 heterocycles. The summed E-state index contributed by atoms with van der Waals surface area (Å²) in [6, 6.07) is 5.08. The van der Waals surface area contributed by atoms with Crippen LogP contribution in [0.5, 0.6) is 0 Å². The number of benzene rings is 1. The Morgan fingerprint density at radius 2 is 1.79 bits per heavy atom. The zero-order valence-electron chi connectivity index (χ0n) is 16.6. The van der Waals surface area contributed by atoms with Crippen LogP contribution in [0.1, 0.15) is 43.0 Å². The number of piperidine rings is 1. The molecule has 160 valence electrons. The predicted octanol–water partition coefficient (Wildman–Crippen LogP) is 2.22. The summed E-state index contributed by atoms with van der Waals surface area (Å²) in [6.07, 6.45) is 4.64. The van der Waals surface area contributed by atoms with E-state index in [4.69, 9.17) is 23.2 Å². The number of amides is 3. The molecule has 0 bridgehead atoms. The quantitative estimate of drug-likeness (QED) is 0.511. The van der Waals surface area contributed by atoms with Crippen LogP contribution in [-0.4, -0.2) is 61.4 Å². The van der Waals surface area contributed by atoms with Gasteiger partial charge in [-0.2, -0.15) is 0 Å². The molecule has 1 unspecified atom stereocenters. The van der Waals surface area contributed by atoms with Crippen molar-refractivity contribution < 1.29 is 14.4 Å². The third-order valence-electron chi connectivity index (χ3n) is 4.92. The molecule has 0 spiro atoms. The zero-order valence-corrected chi connectivity index (χ0v) is 18.1. The van der Waals surface area contributed by atoms with Crippen LogP contribution in [0.25, 0.3) is 0 Å². The number of hydrogen-bond donors (Lipinski definition) is 3. The number of nitrogens with one attached hydrogen (secondary N) is 3. The monoisotopic (exact) mass is 442 g/mol. The van der Waals surface area contributed by atoms with Gasteiger partial charge in [-0.3, -0.25) is 14.4 Å². The Kier molecular flexibility index (Phi) is 9.70. The summed E-state index contributed by atoms with van der Waals surface area (Å²) >= 11 is 11.7. The zero-order chi connectivity index (χ0) is 21.2. The van der Waals surface area contributed by atoms with E-state index in [1.54, 1.807) is 6.07 Å². The molecule has 7 nitrogen and oxygen atoms in total. The molecule has 1 saturated heterocycles. The number of rotatable bonds is 9. The van der Waals surface area contributed by atoms with Crippen molar-refractivity contribution in [1.82, 2.24) is 20.9 Å². The number of carbonyl (C=O) groups is 3. The number of nitrogens with zero attached hydrogens (tertiary/aromatic N) is 1. The van der Waals surface area contributed by atoms with Crippen LogP contribution in [0.3, 0.4) is 0 Å². The summed E-state index contributed by atoms with van der Waals surface area (Å²) in [5, 5.41) is 8.36. The minimum Gasteiger partial charge on any atom is -0.355 e. The molecule has 29 heavy (non-hydrogen) atoms. The molecule has 3 amide bonds. The lowest BCUT2D eigenvalue weighted by Gasteiger charge is -2.33. The maximum absolute atomic E-state index is 12.0. The van der Waals surface area contributed by atoms with Crippen molar-refractivity contribution >= 4 is 40.9 Å². The Morgan fingerprint density at radius 3 is 2.52 bits per heavy atom. The first kappa shape index (κ1) is 23.4. The van der Waals surface area contributed by atoms with Gasteiger partial charge < -0.3 is 20.9 Å². The van der Waals surface area contributed by atoms with Gasteiger partial charge in [0.25, 0.3) is 5.91 Å². The fourth-order valence-electron chi connectivity index (χ4n) is 3.23. The minimum atomic E-state index is -0.488. The molecule has 0 radical (unpaired) electrons. The van der Waals surface area contributed by atoms with Crippen LogP contribution in [0.2, 0.25) is 10.0 Å². The van der Waals surface area contributed by atoms with Crippen molar-refractivity contribution in [2.45, 2.75) is 38.6 Å². The topological polar surface area (TPSA) is 90.5 Å². The summed E-state index contributed by atoms with van der Waals surface area (Å²) in [4.78, 5) is 38.2. The molecular formula is C20H28Cl2N4O3. The molecule has 1 atom stereocenters. The Labute approximate surface area is 181 Å². The SMILES string of the molecule is CC1CCCCN1CCCNC(=O)CNC(=O)CNC(=O)c1ccc(Cl)cc1Cl. The molecule has 0 saturated carbocycles. The summed E-state index contributed by atoms with van der Waals surface area (Å²) in [6.45, 7) is 4.52. The van der Waals surface area contributed by atoms with E-state index in [2.05, 4.69) is 27.8 Å². The summed E-state index contributed by atoms with van der Waals surface area (Å²) < 4.78 is 0. The first-order valence-corrected chi connectivity index (χ1v) is 10.6. The number of hydrogen-bond acceptors (Lipinski definition) is 4. The average Bonchev–Trinajstić information content (AvgIpc) is 2.69. The van der Waals surface area contributed by atoms with Crippen molar-refractivity contribution in [2.24, 2.45) is 0 Å². The number of halogens is 2. The predicted molar refractivity (Wildman–Crippen MR) is 114 cm³/mol. The van der Waals surface area contributed by atoms with E-state index in [1.807, 2.05) is 0 Å². The second-order valence-corrected chi connectivity index (χ2v) is 8.01. The highest BCUT2D eigenvalue weighted by Crippen LogP contribution is 2.20. The highest BCUT2D eigenvalue weighted by Gasteiger charge is 2.17. The van der Waals surface area contributed by atoms with Crippen LogP contribution in [0, 0.1) is 0 Å². The van der Waals surface area contributed by atoms with E-state index in [0.29, 0.717) is 17.6 Å². The van der Waals surface area contributed by atoms with E-state index < -0.39 is 11.8 Å². The smallest absolute Gasteiger partial charge is 0.253 e. The lowest BCUT2D eigenvalue weighted by molar-refractivity contribution is -0.125. The van der Waals surface area contributed by atoms with E-state index in [0.717, 1.165) is 19.5 Å². The molecule has 1 fully saturated rings. The van der Waals surface area contributed by atoms with Crippen molar-refractivity contribution in [3.05, 3.63) is 33.8 Å². The standard InChI is InChI=1S/C20H28Cl2N4O3/c1-14-5-2-3-9-26(14)10-4-8-23-18(27)12-24-19(28)13-25-20(29)16-7-6-15(21)11-17(16)22/h6-7,11,14H,2-5,8-10,12-13H2,1H3,(H,23,27)(H,24,28)(H,25,29). The van der Waals surface area contributed by atoms with Crippen molar-refractivity contribution in [1.29, 1.82) is 0 Å². The molecule has 1 aromatic carbocycles. The summed E-state index contributed by atoms with van der Waals surface area (Å²) in [5.74, 6) is -1.20. The Morgan fingerprint density at radius 1 is 1.07 bits per heavy atom. The van der Waals surface area contributed by atoms with Gasteiger partial charge in [0.2, 0.25) is 11.8 Å². The molecule has 0 aromatic heterocycles. The third kappa shape index (κ3) is 8.20. The lowest BCUT2D eigenvalue weighted by atomic mass is 10.0. The van der Waals surface area contributed by atoms with Gasteiger partial charge in [0.15, 0.2) is 0 Å². The van der Waals surface area contributed by atoms with Crippen LogP contribution in [0.15, 0.2) is 18.2 Å². The number of likely N-dealkylation sites (tertiary alicyclic amines) is 1. The normalized spacial score (nSPS) is 16.9. The van der Waals surface area contributed by atoms with Crippen LogP contribution in [0.4, 0.5) is 0 Å². The third-order valence-corrected chi connectivity index (χ3v) is 5.46. The van der Waals surface area contributed by atoms with Gasteiger partial charge in [0.1, 0.15) is 0 Å². The fraction of sp³-hybridized carbons (Fsp3) is 0.550. The van der Waals surface area contributed by atoms with E-state index >= 15 is 0 Å². The second kappa shape index (κ2) is 12.0. The summed E-state index contributed by atoms with van der Waals surface area (Å²) in [5.41, 5.74) is 0.227. The minimum absolute atomic E-state index is 0.128. The Balaban J connectivity index is 1.58. The first-order chi connectivity index (χ1) is 13.9.